The van der Waals surface area contributed by atoms with Crippen LogP contribution in [0.15, 0.2) is 29.2 Å². The van der Waals surface area contributed by atoms with Gasteiger partial charge in [-0.2, -0.15) is 0 Å². The minimum Gasteiger partial charge on any atom is -0.380 e. The maximum atomic E-state index is 5.44. The molecule has 1 aliphatic rings. The van der Waals surface area contributed by atoms with Crippen molar-refractivity contribution in [2.45, 2.75) is 30.4 Å². The average Bonchev–Trinajstić information content (AvgIpc) is 2.80. The third-order valence-electron chi connectivity index (χ3n) is 3.38. The molecule has 0 aliphatic carbocycles. The highest BCUT2D eigenvalue weighted by Crippen LogP contribution is 2.36. The summed E-state index contributed by atoms with van der Waals surface area (Å²) in [4.78, 5) is 3.97. The topological polar surface area (TPSA) is 12.5 Å². The third-order valence-corrected chi connectivity index (χ3v) is 4.68. The van der Waals surface area contributed by atoms with Crippen molar-refractivity contribution in [2.24, 2.45) is 0 Å². The summed E-state index contributed by atoms with van der Waals surface area (Å²) >= 11 is 2.04. The van der Waals surface area contributed by atoms with E-state index in [4.69, 9.17) is 4.74 Å². The lowest BCUT2D eigenvalue weighted by Crippen LogP contribution is -2.33. The Hall–Kier alpha value is -0.510. The molecule has 2 nitrogen and oxygen atoms in total. The van der Waals surface area contributed by atoms with Crippen molar-refractivity contribution in [3.8, 4) is 0 Å². The van der Waals surface area contributed by atoms with Crippen LogP contribution in [-0.2, 0) is 11.2 Å². The molecule has 1 heterocycles. The number of thioether (sulfide) groups is 1. The largest absolute Gasteiger partial charge is 0.380 e. The molecule has 0 fully saturated rings. The van der Waals surface area contributed by atoms with Gasteiger partial charge in [0.2, 0.25) is 0 Å². The van der Waals surface area contributed by atoms with Crippen LogP contribution in [0.4, 0.5) is 0 Å². The van der Waals surface area contributed by atoms with E-state index in [1.807, 2.05) is 11.8 Å². The second-order valence-corrected chi connectivity index (χ2v) is 5.98. The molecular weight excluding hydrogens is 242 g/mol. The molecule has 1 unspecified atom stereocenters. The summed E-state index contributed by atoms with van der Waals surface area (Å²) in [6, 6.07) is 8.80. The fraction of sp³-hybridized carbons (Fsp3) is 0.600. The van der Waals surface area contributed by atoms with Gasteiger partial charge in [0.05, 0.1) is 6.61 Å². The van der Waals surface area contributed by atoms with Crippen molar-refractivity contribution in [3.63, 3.8) is 0 Å². The highest BCUT2D eigenvalue weighted by Gasteiger charge is 2.23. The van der Waals surface area contributed by atoms with Crippen LogP contribution in [0.2, 0.25) is 0 Å². The summed E-state index contributed by atoms with van der Waals surface area (Å²) in [6.45, 7) is 9.30. The summed E-state index contributed by atoms with van der Waals surface area (Å²) in [7, 11) is 0. The van der Waals surface area contributed by atoms with Gasteiger partial charge in [-0.3, -0.25) is 0 Å². The SMILES string of the molecule is CCOCCN(CC)CC1Cc2ccccc2S1. The second kappa shape index (κ2) is 7.17. The van der Waals surface area contributed by atoms with Gasteiger partial charge in [-0.1, -0.05) is 25.1 Å². The van der Waals surface area contributed by atoms with E-state index < -0.39 is 0 Å². The first kappa shape index (κ1) is 13.9. The Labute approximate surface area is 115 Å². The maximum Gasteiger partial charge on any atom is 0.0593 e. The summed E-state index contributed by atoms with van der Waals surface area (Å²) < 4.78 is 5.44. The van der Waals surface area contributed by atoms with Crippen molar-refractivity contribution in [2.75, 3.05) is 32.8 Å². The van der Waals surface area contributed by atoms with E-state index in [1.54, 1.807) is 0 Å². The number of nitrogens with zero attached hydrogens (tertiary/aromatic N) is 1. The van der Waals surface area contributed by atoms with Crippen LogP contribution in [0.5, 0.6) is 0 Å². The molecule has 2 rings (SSSR count). The molecule has 100 valence electrons. The molecule has 0 N–H and O–H groups in total. The predicted octanol–water partition coefficient (Wildman–Crippen LogP) is 3.06. The Balaban J connectivity index is 1.80. The fourth-order valence-electron chi connectivity index (χ4n) is 2.36. The van der Waals surface area contributed by atoms with E-state index in [1.165, 1.54) is 23.4 Å². The van der Waals surface area contributed by atoms with E-state index in [-0.39, 0.29) is 0 Å². The van der Waals surface area contributed by atoms with Crippen LogP contribution >= 0.6 is 11.8 Å². The number of rotatable bonds is 7. The van der Waals surface area contributed by atoms with E-state index in [9.17, 15) is 0 Å². The molecule has 0 spiro atoms. The third kappa shape index (κ3) is 3.74. The molecule has 3 heteroatoms. The molecule has 0 bridgehead atoms. The quantitative estimate of drug-likeness (QED) is 0.703. The number of hydrogen-bond donors (Lipinski definition) is 0. The molecule has 1 aromatic carbocycles. The van der Waals surface area contributed by atoms with E-state index in [0.29, 0.717) is 5.25 Å². The lowest BCUT2D eigenvalue weighted by atomic mass is 10.1. The number of hydrogen-bond acceptors (Lipinski definition) is 3. The molecule has 1 aliphatic heterocycles. The Morgan fingerprint density at radius 1 is 1.33 bits per heavy atom. The lowest BCUT2D eigenvalue weighted by Gasteiger charge is -2.23. The normalized spacial score (nSPS) is 18.3. The Morgan fingerprint density at radius 3 is 2.89 bits per heavy atom. The average molecular weight is 265 g/mol. The van der Waals surface area contributed by atoms with E-state index >= 15 is 0 Å². The fourth-order valence-corrected chi connectivity index (χ4v) is 3.73. The van der Waals surface area contributed by atoms with Gasteiger partial charge < -0.3 is 9.64 Å². The molecule has 0 saturated carbocycles. The van der Waals surface area contributed by atoms with Gasteiger partial charge in [-0.05, 0) is 31.5 Å². The number of likely N-dealkylation sites (N-methyl/N-ethyl adjacent to an activating group) is 1. The van der Waals surface area contributed by atoms with Crippen molar-refractivity contribution in [1.82, 2.24) is 4.90 Å². The summed E-state index contributed by atoms with van der Waals surface area (Å²) in [5.74, 6) is 0. The zero-order chi connectivity index (χ0) is 12.8. The second-order valence-electron chi connectivity index (χ2n) is 4.64. The Morgan fingerprint density at radius 2 is 2.17 bits per heavy atom. The first-order valence-electron chi connectivity index (χ1n) is 6.88. The highest BCUT2D eigenvalue weighted by molar-refractivity contribution is 8.00. The van der Waals surface area contributed by atoms with Gasteiger partial charge in [0.15, 0.2) is 0 Å². The molecule has 1 aromatic rings. The van der Waals surface area contributed by atoms with Crippen molar-refractivity contribution in [3.05, 3.63) is 29.8 Å². The van der Waals surface area contributed by atoms with Gasteiger partial charge in [0.1, 0.15) is 0 Å². The minimum atomic E-state index is 0.712. The van der Waals surface area contributed by atoms with Crippen molar-refractivity contribution >= 4 is 11.8 Å². The first-order valence-corrected chi connectivity index (χ1v) is 7.76. The Kier molecular flexibility index (Phi) is 5.54. The zero-order valence-electron chi connectivity index (χ0n) is 11.4. The summed E-state index contributed by atoms with van der Waals surface area (Å²) in [5, 5.41) is 0.712. The smallest absolute Gasteiger partial charge is 0.0593 e. The molecule has 0 aromatic heterocycles. The van der Waals surface area contributed by atoms with Crippen molar-refractivity contribution < 1.29 is 4.74 Å². The van der Waals surface area contributed by atoms with Crippen LogP contribution in [0.25, 0.3) is 0 Å². The number of fused-ring (bicyclic) bond motifs is 1. The highest BCUT2D eigenvalue weighted by atomic mass is 32.2. The molecule has 0 radical (unpaired) electrons. The summed E-state index contributed by atoms with van der Waals surface area (Å²) in [6.07, 6.45) is 1.21. The van der Waals surface area contributed by atoms with Crippen LogP contribution in [0.3, 0.4) is 0 Å². The van der Waals surface area contributed by atoms with Gasteiger partial charge in [-0.15, -0.1) is 11.8 Å². The van der Waals surface area contributed by atoms with Gasteiger partial charge >= 0.3 is 0 Å². The number of benzene rings is 1. The van der Waals surface area contributed by atoms with Crippen LogP contribution in [0.1, 0.15) is 19.4 Å². The standard InChI is InChI=1S/C15H23NOS/c1-3-16(9-10-17-4-2)12-14-11-13-7-5-6-8-15(13)18-14/h5-8,14H,3-4,9-12H2,1-2H3. The monoisotopic (exact) mass is 265 g/mol. The molecule has 18 heavy (non-hydrogen) atoms. The van der Waals surface area contributed by atoms with Crippen LogP contribution < -0.4 is 0 Å². The molecule has 0 amide bonds. The zero-order valence-corrected chi connectivity index (χ0v) is 12.2. The van der Waals surface area contributed by atoms with Crippen LogP contribution in [0, 0.1) is 0 Å². The maximum absolute atomic E-state index is 5.44. The van der Waals surface area contributed by atoms with Crippen molar-refractivity contribution in [1.29, 1.82) is 0 Å². The summed E-state index contributed by atoms with van der Waals surface area (Å²) in [5.41, 5.74) is 1.52. The number of ether oxygens (including phenoxy) is 1. The lowest BCUT2D eigenvalue weighted by molar-refractivity contribution is 0.115. The van der Waals surface area contributed by atoms with E-state index in [0.717, 1.165) is 26.3 Å². The molecule has 1 atom stereocenters. The van der Waals surface area contributed by atoms with E-state index in [2.05, 4.69) is 43.0 Å². The molecular formula is C15H23NOS. The van der Waals surface area contributed by atoms with Gasteiger partial charge in [-0.25, -0.2) is 0 Å². The first-order chi connectivity index (χ1) is 8.83. The van der Waals surface area contributed by atoms with Gasteiger partial charge in [0.25, 0.3) is 0 Å². The van der Waals surface area contributed by atoms with Crippen LogP contribution in [-0.4, -0.2) is 43.0 Å². The molecule has 0 saturated heterocycles. The predicted molar refractivity (Wildman–Crippen MR) is 78.4 cm³/mol. The van der Waals surface area contributed by atoms with Gasteiger partial charge in [0, 0.05) is 29.8 Å². The minimum absolute atomic E-state index is 0.712. The Bertz CT molecular complexity index is 344.